The molecule has 0 amide bonds. The van der Waals surface area contributed by atoms with Crippen molar-refractivity contribution < 1.29 is 9.47 Å². The fourth-order valence-corrected chi connectivity index (χ4v) is 2.18. The number of rotatable bonds is 9. The first-order valence-corrected chi connectivity index (χ1v) is 7.79. The molecule has 1 saturated heterocycles. The van der Waals surface area contributed by atoms with Gasteiger partial charge in [0.05, 0.1) is 6.61 Å². The summed E-state index contributed by atoms with van der Waals surface area (Å²) in [5.41, 5.74) is 0. The third-order valence-corrected chi connectivity index (χ3v) is 3.24. The van der Waals surface area contributed by atoms with Crippen LogP contribution in [-0.2, 0) is 0 Å². The SMILES string of the molecule is CCCNc1nc(OCC)nc(OCCN2CCCC2)n1. The van der Waals surface area contributed by atoms with Crippen LogP contribution in [0.2, 0.25) is 0 Å². The van der Waals surface area contributed by atoms with E-state index in [1.165, 1.54) is 12.8 Å². The summed E-state index contributed by atoms with van der Waals surface area (Å²) in [7, 11) is 0. The minimum absolute atomic E-state index is 0.308. The maximum Gasteiger partial charge on any atom is 0.324 e. The van der Waals surface area contributed by atoms with E-state index in [-0.39, 0.29) is 0 Å². The fraction of sp³-hybridized carbons (Fsp3) is 0.786. The molecule has 1 fully saturated rings. The van der Waals surface area contributed by atoms with E-state index >= 15 is 0 Å². The van der Waals surface area contributed by atoms with Gasteiger partial charge in [-0.3, -0.25) is 4.90 Å². The molecule has 0 aliphatic carbocycles. The first-order chi connectivity index (χ1) is 10.3. The lowest BCUT2D eigenvalue weighted by molar-refractivity contribution is 0.220. The Morgan fingerprint density at radius 3 is 2.43 bits per heavy atom. The molecule has 0 saturated carbocycles. The third kappa shape index (κ3) is 5.34. The highest BCUT2D eigenvalue weighted by molar-refractivity contribution is 5.27. The monoisotopic (exact) mass is 295 g/mol. The van der Waals surface area contributed by atoms with Crippen molar-refractivity contribution in [3.63, 3.8) is 0 Å². The lowest BCUT2D eigenvalue weighted by atomic mass is 10.4. The van der Waals surface area contributed by atoms with Gasteiger partial charge in [0.25, 0.3) is 0 Å². The van der Waals surface area contributed by atoms with Crippen LogP contribution in [0.5, 0.6) is 12.0 Å². The van der Waals surface area contributed by atoms with Gasteiger partial charge in [-0.1, -0.05) is 6.92 Å². The molecule has 0 atom stereocenters. The molecule has 7 heteroatoms. The molecule has 1 aliphatic heterocycles. The van der Waals surface area contributed by atoms with Crippen LogP contribution in [0.15, 0.2) is 0 Å². The summed E-state index contributed by atoms with van der Waals surface area (Å²) in [6.45, 7) is 9.13. The molecule has 2 rings (SSSR count). The van der Waals surface area contributed by atoms with Crippen LogP contribution in [0.1, 0.15) is 33.1 Å². The molecule has 1 aromatic rings. The lowest BCUT2D eigenvalue weighted by Crippen LogP contribution is -2.25. The van der Waals surface area contributed by atoms with Gasteiger partial charge < -0.3 is 14.8 Å². The second-order valence-electron chi connectivity index (χ2n) is 4.98. The predicted octanol–water partition coefficient (Wildman–Crippen LogP) is 1.57. The van der Waals surface area contributed by atoms with E-state index < -0.39 is 0 Å². The molecule has 1 N–H and O–H groups in total. The van der Waals surface area contributed by atoms with Gasteiger partial charge in [0.15, 0.2) is 0 Å². The summed E-state index contributed by atoms with van der Waals surface area (Å²) in [6, 6.07) is 0.633. The van der Waals surface area contributed by atoms with Crippen molar-refractivity contribution in [2.45, 2.75) is 33.1 Å². The van der Waals surface area contributed by atoms with Crippen molar-refractivity contribution in [1.82, 2.24) is 19.9 Å². The lowest BCUT2D eigenvalue weighted by Gasteiger charge is -2.14. The van der Waals surface area contributed by atoms with Crippen molar-refractivity contribution >= 4 is 5.95 Å². The summed E-state index contributed by atoms with van der Waals surface area (Å²) >= 11 is 0. The number of nitrogens with one attached hydrogen (secondary N) is 1. The number of anilines is 1. The Bertz CT molecular complexity index is 424. The van der Waals surface area contributed by atoms with Crippen molar-refractivity contribution in [3.05, 3.63) is 0 Å². The smallest absolute Gasteiger partial charge is 0.324 e. The Kier molecular flexibility index (Phi) is 6.46. The highest BCUT2D eigenvalue weighted by Gasteiger charge is 2.12. The van der Waals surface area contributed by atoms with Gasteiger partial charge in [-0.25, -0.2) is 0 Å². The van der Waals surface area contributed by atoms with E-state index in [1.807, 2.05) is 6.92 Å². The molecule has 0 spiro atoms. The number of aromatic nitrogens is 3. The number of hydrogen-bond acceptors (Lipinski definition) is 7. The number of likely N-dealkylation sites (tertiary alicyclic amines) is 1. The Balaban J connectivity index is 1.90. The summed E-state index contributed by atoms with van der Waals surface area (Å²) in [5, 5.41) is 3.13. The van der Waals surface area contributed by atoms with Crippen molar-refractivity contribution in [2.75, 3.05) is 44.7 Å². The highest BCUT2D eigenvalue weighted by atomic mass is 16.5. The molecule has 118 valence electrons. The van der Waals surface area contributed by atoms with E-state index in [2.05, 4.69) is 32.1 Å². The second-order valence-corrected chi connectivity index (χ2v) is 4.98. The van der Waals surface area contributed by atoms with E-state index in [1.54, 1.807) is 0 Å². The average Bonchev–Trinajstić information content (AvgIpc) is 2.99. The van der Waals surface area contributed by atoms with E-state index in [4.69, 9.17) is 9.47 Å². The molecule has 2 heterocycles. The Labute approximate surface area is 126 Å². The van der Waals surface area contributed by atoms with Crippen molar-refractivity contribution in [2.24, 2.45) is 0 Å². The average molecular weight is 295 g/mol. The van der Waals surface area contributed by atoms with Gasteiger partial charge >= 0.3 is 12.0 Å². The zero-order valence-corrected chi connectivity index (χ0v) is 13.0. The largest absolute Gasteiger partial charge is 0.464 e. The maximum atomic E-state index is 5.65. The predicted molar refractivity (Wildman–Crippen MR) is 80.9 cm³/mol. The third-order valence-electron chi connectivity index (χ3n) is 3.24. The topological polar surface area (TPSA) is 72.4 Å². The van der Waals surface area contributed by atoms with Crippen LogP contribution in [0.25, 0.3) is 0 Å². The van der Waals surface area contributed by atoms with Gasteiger partial charge in [-0.05, 0) is 39.3 Å². The fourth-order valence-electron chi connectivity index (χ4n) is 2.18. The standard InChI is InChI=1S/C14H25N5O2/c1-3-7-15-12-16-13(20-4-2)18-14(17-12)21-11-10-19-8-5-6-9-19/h3-11H2,1-2H3,(H,15,16,17,18). The molecule has 0 unspecified atom stereocenters. The van der Waals surface area contributed by atoms with Crippen molar-refractivity contribution in [1.29, 1.82) is 0 Å². The van der Waals surface area contributed by atoms with E-state index in [0.29, 0.717) is 31.2 Å². The zero-order valence-electron chi connectivity index (χ0n) is 13.0. The van der Waals surface area contributed by atoms with Crippen LogP contribution in [0.4, 0.5) is 5.95 Å². The van der Waals surface area contributed by atoms with E-state index in [9.17, 15) is 0 Å². The minimum atomic E-state index is 0.308. The normalized spacial score (nSPS) is 15.1. The molecule has 7 nitrogen and oxygen atoms in total. The van der Waals surface area contributed by atoms with Crippen LogP contribution < -0.4 is 14.8 Å². The molecule has 0 bridgehead atoms. The minimum Gasteiger partial charge on any atom is -0.464 e. The van der Waals surface area contributed by atoms with Crippen LogP contribution in [-0.4, -0.2) is 59.2 Å². The summed E-state index contributed by atoms with van der Waals surface area (Å²) in [6.07, 6.45) is 3.57. The summed E-state index contributed by atoms with van der Waals surface area (Å²) in [5.74, 6) is 0.506. The Hall–Kier alpha value is -1.63. The van der Waals surface area contributed by atoms with Gasteiger partial charge in [0.1, 0.15) is 6.61 Å². The number of ether oxygens (including phenoxy) is 2. The molecular formula is C14H25N5O2. The highest BCUT2D eigenvalue weighted by Crippen LogP contribution is 2.13. The van der Waals surface area contributed by atoms with Gasteiger partial charge in [0.2, 0.25) is 5.95 Å². The zero-order chi connectivity index (χ0) is 14.9. The van der Waals surface area contributed by atoms with Gasteiger partial charge in [-0.15, -0.1) is 4.98 Å². The quantitative estimate of drug-likeness (QED) is 0.741. The molecule has 1 aliphatic rings. The van der Waals surface area contributed by atoms with E-state index in [0.717, 1.165) is 32.6 Å². The molecular weight excluding hydrogens is 270 g/mol. The maximum absolute atomic E-state index is 5.65. The Morgan fingerprint density at radius 2 is 1.76 bits per heavy atom. The van der Waals surface area contributed by atoms with Crippen LogP contribution in [0, 0.1) is 0 Å². The van der Waals surface area contributed by atoms with Crippen LogP contribution in [0.3, 0.4) is 0 Å². The molecule has 0 aromatic carbocycles. The number of hydrogen-bond donors (Lipinski definition) is 1. The van der Waals surface area contributed by atoms with Crippen molar-refractivity contribution in [3.8, 4) is 12.0 Å². The van der Waals surface area contributed by atoms with Crippen LogP contribution >= 0.6 is 0 Å². The first-order valence-electron chi connectivity index (χ1n) is 7.79. The summed E-state index contributed by atoms with van der Waals surface area (Å²) < 4.78 is 11.0. The first kappa shape index (κ1) is 15.8. The second kappa shape index (κ2) is 8.61. The van der Waals surface area contributed by atoms with Gasteiger partial charge in [-0.2, -0.15) is 9.97 Å². The van der Waals surface area contributed by atoms with Gasteiger partial charge in [0, 0.05) is 13.1 Å². The number of nitrogens with zero attached hydrogens (tertiary/aromatic N) is 4. The molecule has 21 heavy (non-hydrogen) atoms. The molecule has 1 aromatic heterocycles. The summed E-state index contributed by atoms with van der Waals surface area (Å²) in [4.78, 5) is 15.0. The Morgan fingerprint density at radius 1 is 1.05 bits per heavy atom. The molecule has 0 radical (unpaired) electrons.